The van der Waals surface area contributed by atoms with E-state index in [2.05, 4.69) is 10.6 Å². The van der Waals surface area contributed by atoms with E-state index in [1.54, 1.807) is 18.2 Å². The molecule has 2 aromatic rings. The summed E-state index contributed by atoms with van der Waals surface area (Å²) < 4.78 is 0. The van der Waals surface area contributed by atoms with Crippen molar-refractivity contribution in [2.24, 2.45) is 0 Å². The number of aryl methyl sites for hydroxylation is 1. The lowest BCUT2D eigenvalue weighted by Gasteiger charge is -2.11. The molecule has 0 aromatic heterocycles. The minimum atomic E-state index is -0.156. The van der Waals surface area contributed by atoms with Crippen LogP contribution in [0.1, 0.15) is 22.3 Å². The molecule has 3 rings (SSSR count). The summed E-state index contributed by atoms with van der Waals surface area (Å²) in [7, 11) is 0. The van der Waals surface area contributed by atoms with Crippen LogP contribution in [-0.4, -0.2) is 17.6 Å². The standard InChI is InChI=1S/C16H15ClN2O2/c17-11-4-5-12-14(9-11)18-15-8-10(2-1-7-20)3-6-13(15)19-16(12)21/h3-6,8-9,18,20H,1-2,7H2,(H,19,21). The maximum absolute atomic E-state index is 12.2. The second-order valence-electron chi connectivity index (χ2n) is 4.98. The van der Waals surface area contributed by atoms with Gasteiger partial charge >= 0.3 is 0 Å². The van der Waals surface area contributed by atoms with Crippen LogP contribution in [0.25, 0.3) is 0 Å². The highest BCUT2D eigenvalue weighted by molar-refractivity contribution is 6.31. The Labute approximate surface area is 127 Å². The van der Waals surface area contributed by atoms with Gasteiger partial charge < -0.3 is 15.7 Å². The van der Waals surface area contributed by atoms with E-state index in [4.69, 9.17) is 16.7 Å². The third-order valence-electron chi connectivity index (χ3n) is 3.45. The van der Waals surface area contributed by atoms with Crippen molar-refractivity contribution in [3.63, 3.8) is 0 Å². The quantitative estimate of drug-likeness (QED) is 0.812. The average Bonchev–Trinajstić information content (AvgIpc) is 2.60. The van der Waals surface area contributed by atoms with E-state index in [1.807, 2.05) is 18.2 Å². The molecule has 5 heteroatoms. The zero-order valence-electron chi connectivity index (χ0n) is 11.3. The number of halogens is 1. The summed E-state index contributed by atoms with van der Waals surface area (Å²) in [5.41, 5.74) is 3.93. The van der Waals surface area contributed by atoms with Gasteiger partial charge in [0.25, 0.3) is 5.91 Å². The predicted molar refractivity (Wildman–Crippen MR) is 84.5 cm³/mol. The molecule has 0 unspecified atom stereocenters. The maximum Gasteiger partial charge on any atom is 0.257 e. The number of hydrogen-bond donors (Lipinski definition) is 3. The highest BCUT2D eigenvalue weighted by Crippen LogP contribution is 2.34. The number of aliphatic hydroxyl groups excluding tert-OH is 1. The van der Waals surface area contributed by atoms with Gasteiger partial charge in [-0.1, -0.05) is 17.7 Å². The minimum absolute atomic E-state index is 0.156. The molecule has 1 aliphatic heterocycles. The van der Waals surface area contributed by atoms with Gasteiger partial charge in [0, 0.05) is 11.6 Å². The first-order valence-electron chi connectivity index (χ1n) is 6.79. The van der Waals surface area contributed by atoms with Gasteiger partial charge in [-0.3, -0.25) is 4.79 Å². The Morgan fingerprint density at radius 3 is 2.67 bits per heavy atom. The number of amides is 1. The summed E-state index contributed by atoms with van der Waals surface area (Å²) in [4.78, 5) is 12.2. The molecule has 0 aliphatic carbocycles. The largest absolute Gasteiger partial charge is 0.396 e. The first kappa shape index (κ1) is 13.9. The van der Waals surface area contributed by atoms with Crippen LogP contribution < -0.4 is 10.6 Å². The monoisotopic (exact) mass is 302 g/mol. The number of carbonyl (C=O) groups excluding carboxylic acids is 1. The normalized spacial score (nSPS) is 12.8. The SMILES string of the molecule is O=C1Nc2ccc(CCCO)cc2Nc2cc(Cl)ccc21. The molecule has 1 amide bonds. The van der Waals surface area contributed by atoms with Crippen molar-refractivity contribution in [3.05, 3.63) is 52.5 Å². The van der Waals surface area contributed by atoms with Crippen molar-refractivity contribution in [2.45, 2.75) is 12.8 Å². The number of carbonyl (C=O) groups is 1. The van der Waals surface area contributed by atoms with E-state index in [0.29, 0.717) is 22.7 Å². The van der Waals surface area contributed by atoms with Crippen molar-refractivity contribution in [1.29, 1.82) is 0 Å². The molecular weight excluding hydrogens is 288 g/mol. The van der Waals surface area contributed by atoms with Gasteiger partial charge in [0.2, 0.25) is 0 Å². The number of fused-ring (bicyclic) bond motifs is 2. The molecule has 0 saturated carbocycles. The highest BCUT2D eigenvalue weighted by atomic mass is 35.5. The Morgan fingerprint density at radius 1 is 1.00 bits per heavy atom. The third kappa shape index (κ3) is 2.86. The smallest absolute Gasteiger partial charge is 0.257 e. The van der Waals surface area contributed by atoms with Crippen molar-refractivity contribution in [3.8, 4) is 0 Å². The molecule has 0 saturated heterocycles. The Balaban J connectivity index is 2.00. The first-order valence-corrected chi connectivity index (χ1v) is 7.17. The van der Waals surface area contributed by atoms with Gasteiger partial charge in [0.05, 0.1) is 22.6 Å². The van der Waals surface area contributed by atoms with Crippen LogP contribution in [0.4, 0.5) is 17.1 Å². The lowest BCUT2D eigenvalue weighted by Crippen LogP contribution is -2.10. The molecule has 21 heavy (non-hydrogen) atoms. The Morgan fingerprint density at radius 2 is 1.86 bits per heavy atom. The number of benzene rings is 2. The van der Waals surface area contributed by atoms with Crippen molar-refractivity contribution < 1.29 is 9.90 Å². The molecule has 0 atom stereocenters. The predicted octanol–water partition coefficient (Wildman–Crippen LogP) is 3.57. The Kier molecular flexibility index (Phi) is 3.82. The van der Waals surface area contributed by atoms with Gasteiger partial charge in [0.15, 0.2) is 0 Å². The van der Waals surface area contributed by atoms with Gasteiger partial charge in [-0.2, -0.15) is 0 Å². The molecule has 0 spiro atoms. The fourth-order valence-electron chi connectivity index (χ4n) is 2.40. The molecule has 4 nitrogen and oxygen atoms in total. The van der Waals surface area contributed by atoms with Crippen LogP contribution in [0.15, 0.2) is 36.4 Å². The summed E-state index contributed by atoms with van der Waals surface area (Å²) in [5.74, 6) is -0.156. The summed E-state index contributed by atoms with van der Waals surface area (Å²) in [6.07, 6.45) is 1.51. The molecule has 2 aromatic carbocycles. The van der Waals surface area contributed by atoms with E-state index in [0.717, 1.165) is 23.4 Å². The molecule has 108 valence electrons. The molecule has 0 bridgehead atoms. The summed E-state index contributed by atoms with van der Waals surface area (Å²) in [6.45, 7) is 0.166. The second-order valence-corrected chi connectivity index (χ2v) is 5.41. The topological polar surface area (TPSA) is 61.4 Å². The summed E-state index contributed by atoms with van der Waals surface area (Å²) >= 11 is 6.01. The zero-order chi connectivity index (χ0) is 14.8. The van der Waals surface area contributed by atoms with E-state index in [9.17, 15) is 4.79 Å². The summed E-state index contributed by atoms with van der Waals surface area (Å²) in [6, 6.07) is 11.0. The van der Waals surface area contributed by atoms with Gasteiger partial charge in [-0.15, -0.1) is 0 Å². The molecule has 0 fully saturated rings. The van der Waals surface area contributed by atoms with E-state index >= 15 is 0 Å². The lowest BCUT2D eigenvalue weighted by molar-refractivity contribution is 0.102. The van der Waals surface area contributed by atoms with Crippen molar-refractivity contribution >= 4 is 34.6 Å². The average molecular weight is 303 g/mol. The van der Waals surface area contributed by atoms with Crippen LogP contribution in [-0.2, 0) is 6.42 Å². The molecular formula is C16H15ClN2O2. The summed E-state index contributed by atoms with van der Waals surface area (Å²) in [5, 5.41) is 15.6. The van der Waals surface area contributed by atoms with Crippen molar-refractivity contribution in [2.75, 3.05) is 17.2 Å². The van der Waals surface area contributed by atoms with E-state index in [-0.39, 0.29) is 12.5 Å². The number of aliphatic hydroxyl groups is 1. The molecule has 3 N–H and O–H groups in total. The Bertz CT molecular complexity index is 701. The van der Waals surface area contributed by atoms with E-state index in [1.165, 1.54) is 0 Å². The fourth-order valence-corrected chi connectivity index (χ4v) is 2.57. The lowest BCUT2D eigenvalue weighted by atomic mass is 10.1. The molecule has 1 heterocycles. The minimum Gasteiger partial charge on any atom is -0.396 e. The van der Waals surface area contributed by atoms with Crippen LogP contribution in [0.2, 0.25) is 5.02 Å². The van der Waals surface area contributed by atoms with Crippen molar-refractivity contribution in [1.82, 2.24) is 0 Å². The van der Waals surface area contributed by atoms with Gasteiger partial charge in [0.1, 0.15) is 0 Å². The van der Waals surface area contributed by atoms with Crippen LogP contribution >= 0.6 is 11.6 Å². The van der Waals surface area contributed by atoms with Crippen LogP contribution in [0.5, 0.6) is 0 Å². The zero-order valence-corrected chi connectivity index (χ0v) is 12.1. The number of anilines is 3. The number of hydrogen-bond acceptors (Lipinski definition) is 3. The molecule has 1 aliphatic rings. The van der Waals surface area contributed by atoms with Gasteiger partial charge in [-0.05, 0) is 48.7 Å². The second kappa shape index (κ2) is 5.76. The van der Waals surface area contributed by atoms with Crippen LogP contribution in [0.3, 0.4) is 0 Å². The number of rotatable bonds is 3. The van der Waals surface area contributed by atoms with Crippen LogP contribution in [0, 0.1) is 0 Å². The fraction of sp³-hybridized carbons (Fsp3) is 0.188. The number of nitrogens with one attached hydrogen (secondary N) is 2. The van der Waals surface area contributed by atoms with E-state index < -0.39 is 0 Å². The third-order valence-corrected chi connectivity index (χ3v) is 3.69. The molecule has 0 radical (unpaired) electrons. The Hall–Kier alpha value is -2.04. The first-order chi connectivity index (χ1) is 10.2. The highest BCUT2D eigenvalue weighted by Gasteiger charge is 2.19. The van der Waals surface area contributed by atoms with Gasteiger partial charge in [-0.25, -0.2) is 0 Å². The maximum atomic E-state index is 12.2.